The van der Waals surface area contributed by atoms with Gasteiger partial charge in [0, 0.05) is 6.92 Å². The average molecular weight is 124 g/mol. The second-order valence-electron chi connectivity index (χ2n) is 0.800. The number of alkyl halides is 3. The van der Waals surface area contributed by atoms with Gasteiger partial charge in [-0.05, 0) is 17.5 Å². The molecule has 0 heterocycles. The van der Waals surface area contributed by atoms with Gasteiger partial charge in [-0.25, -0.2) is 0 Å². The van der Waals surface area contributed by atoms with Gasteiger partial charge in [0.05, 0.1) is 0 Å². The maximum absolute atomic E-state index is 11.3. The molecule has 0 aromatic rings. The average Bonchev–Trinajstić information content (AvgIpc) is 1.30. The van der Waals surface area contributed by atoms with Crippen LogP contribution in [0.15, 0.2) is 0 Å². The lowest BCUT2D eigenvalue weighted by Gasteiger charge is -1.91. The van der Waals surface area contributed by atoms with Crippen LogP contribution in [0.25, 0.3) is 0 Å². The Morgan fingerprint density at radius 2 is 2.00 bits per heavy atom. The summed E-state index contributed by atoms with van der Waals surface area (Å²) in [6, 6.07) is 0. The normalized spacial score (nSPS) is 9.71. The molecule has 0 spiro atoms. The number of halogens is 3. The van der Waals surface area contributed by atoms with Gasteiger partial charge >= 0.3 is 5.38 Å². The largest absolute Gasteiger partial charge is 0.385 e. The minimum Gasteiger partial charge on any atom is -0.175 e. The first-order chi connectivity index (χ1) is 3.06. The van der Waals surface area contributed by atoms with E-state index in [1.807, 2.05) is 0 Å². The van der Waals surface area contributed by atoms with E-state index in [9.17, 15) is 8.78 Å². The van der Waals surface area contributed by atoms with Crippen molar-refractivity contribution in [3.8, 4) is 11.8 Å². The third kappa shape index (κ3) is 5.71. The van der Waals surface area contributed by atoms with E-state index in [4.69, 9.17) is 0 Å². The van der Waals surface area contributed by atoms with E-state index in [-0.39, 0.29) is 0 Å². The lowest BCUT2D eigenvalue weighted by atomic mass is 10.6. The Bertz CT molecular complexity index is 103. The van der Waals surface area contributed by atoms with Crippen molar-refractivity contribution in [2.75, 3.05) is 0 Å². The van der Waals surface area contributed by atoms with Crippen LogP contribution in [0.3, 0.4) is 0 Å². The van der Waals surface area contributed by atoms with Gasteiger partial charge in [0.2, 0.25) is 0 Å². The van der Waals surface area contributed by atoms with Gasteiger partial charge in [0.15, 0.2) is 0 Å². The van der Waals surface area contributed by atoms with Gasteiger partial charge in [-0.2, -0.15) is 8.78 Å². The summed E-state index contributed by atoms with van der Waals surface area (Å²) < 4.78 is 22.5. The smallest absolute Gasteiger partial charge is 0.175 e. The van der Waals surface area contributed by atoms with Crippen LogP contribution in [0, 0.1) is 18.8 Å². The summed E-state index contributed by atoms with van der Waals surface area (Å²) in [5.41, 5.74) is 0. The van der Waals surface area contributed by atoms with E-state index in [1.54, 1.807) is 5.92 Å². The maximum Gasteiger partial charge on any atom is 0.385 e. The molecule has 0 aliphatic heterocycles. The molecule has 0 aliphatic rings. The molecule has 0 nitrogen and oxygen atoms in total. The maximum atomic E-state index is 11.3. The summed E-state index contributed by atoms with van der Waals surface area (Å²) >= 11 is 4.29. The third-order valence-corrected chi connectivity index (χ3v) is 0.325. The number of hydrogen-bond acceptors (Lipinski definition) is 0. The number of hydrogen-bond donors (Lipinski definition) is 0. The van der Waals surface area contributed by atoms with Crippen LogP contribution in [-0.2, 0) is 0 Å². The molecule has 0 N–H and O–H groups in total. The molecule has 0 saturated carbocycles. The Labute approximate surface area is 45.5 Å². The molecule has 3 heteroatoms. The molecular formula is C4H2ClF2. The second kappa shape index (κ2) is 2.13. The standard InChI is InChI=1S/C4H2ClF2/c1-2-3-4(5,6)7/h1H2. The lowest BCUT2D eigenvalue weighted by Crippen LogP contribution is -1.98. The topological polar surface area (TPSA) is 0 Å². The predicted octanol–water partition coefficient (Wildman–Crippen LogP) is 1.66. The fourth-order valence-corrected chi connectivity index (χ4v) is 0.167. The zero-order valence-corrected chi connectivity index (χ0v) is 4.10. The molecule has 39 valence electrons. The minimum absolute atomic E-state index is 1.36. The Kier molecular flexibility index (Phi) is 2.04. The van der Waals surface area contributed by atoms with Gasteiger partial charge in [-0.3, -0.25) is 0 Å². The summed E-state index contributed by atoms with van der Waals surface area (Å²) in [5, 5.41) is -3.40. The highest BCUT2D eigenvalue weighted by molar-refractivity contribution is 6.23. The predicted molar refractivity (Wildman–Crippen MR) is 23.9 cm³/mol. The van der Waals surface area contributed by atoms with E-state index in [0.717, 1.165) is 0 Å². The SMILES string of the molecule is [CH2]C#CC(F)(F)Cl. The van der Waals surface area contributed by atoms with Gasteiger partial charge in [-0.15, -0.1) is 0 Å². The molecule has 0 amide bonds. The molecule has 0 atom stereocenters. The van der Waals surface area contributed by atoms with Crippen LogP contribution in [0.1, 0.15) is 0 Å². The minimum atomic E-state index is -3.40. The van der Waals surface area contributed by atoms with Gasteiger partial charge in [0.1, 0.15) is 0 Å². The highest BCUT2D eigenvalue weighted by Crippen LogP contribution is 2.15. The van der Waals surface area contributed by atoms with Gasteiger partial charge < -0.3 is 0 Å². The van der Waals surface area contributed by atoms with Crippen molar-refractivity contribution in [2.45, 2.75) is 5.38 Å². The van der Waals surface area contributed by atoms with Crippen molar-refractivity contribution in [2.24, 2.45) is 0 Å². The highest BCUT2D eigenvalue weighted by atomic mass is 35.5. The molecule has 1 radical (unpaired) electrons. The first-order valence-electron chi connectivity index (χ1n) is 1.42. The highest BCUT2D eigenvalue weighted by Gasteiger charge is 2.18. The van der Waals surface area contributed by atoms with Crippen LogP contribution in [0.4, 0.5) is 8.78 Å². The van der Waals surface area contributed by atoms with Crippen LogP contribution >= 0.6 is 11.6 Å². The monoisotopic (exact) mass is 123 g/mol. The van der Waals surface area contributed by atoms with Crippen molar-refractivity contribution in [1.29, 1.82) is 0 Å². The lowest BCUT2D eigenvalue weighted by molar-refractivity contribution is 0.164. The molecule has 0 aliphatic carbocycles. The van der Waals surface area contributed by atoms with Crippen molar-refractivity contribution in [1.82, 2.24) is 0 Å². The molecule has 0 fully saturated rings. The Morgan fingerprint density at radius 1 is 1.57 bits per heavy atom. The Morgan fingerprint density at radius 3 is 2.00 bits per heavy atom. The van der Waals surface area contributed by atoms with E-state index in [0.29, 0.717) is 0 Å². The molecule has 0 aromatic heterocycles. The zero-order chi connectivity index (χ0) is 5.91. The molecule has 0 aromatic carbocycles. The first-order valence-corrected chi connectivity index (χ1v) is 1.80. The summed E-state index contributed by atoms with van der Waals surface area (Å²) in [7, 11) is 0. The van der Waals surface area contributed by atoms with Gasteiger partial charge in [0.25, 0.3) is 0 Å². The van der Waals surface area contributed by atoms with Crippen LogP contribution < -0.4 is 0 Å². The summed E-state index contributed by atoms with van der Waals surface area (Å²) in [6.07, 6.45) is 0. The summed E-state index contributed by atoms with van der Waals surface area (Å²) in [5.74, 6) is 3.08. The van der Waals surface area contributed by atoms with Crippen molar-refractivity contribution < 1.29 is 8.78 Å². The van der Waals surface area contributed by atoms with Crippen LogP contribution in [-0.4, -0.2) is 5.38 Å². The second-order valence-corrected chi connectivity index (χ2v) is 1.27. The van der Waals surface area contributed by atoms with Crippen LogP contribution in [0.5, 0.6) is 0 Å². The molecule has 0 rings (SSSR count). The van der Waals surface area contributed by atoms with Gasteiger partial charge in [-0.1, -0.05) is 5.92 Å². The van der Waals surface area contributed by atoms with E-state index >= 15 is 0 Å². The Hall–Kier alpha value is -0.290. The molecule has 7 heavy (non-hydrogen) atoms. The van der Waals surface area contributed by atoms with Crippen molar-refractivity contribution in [3.05, 3.63) is 6.92 Å². The fraction of sp³-hybridized carbons (Fsp3) is 0.250. The molecule has 0 saturated heterocycles. The first kappa shape index (κ1) is 6.71. The Balaban J connectivity index is 3.72. The molecule has 0 bridgehead atoms. The summed E-state index contributed by atoms with van der Waals surface area (Å²) in [6.45, 7) is 2.85. The quantitative estimate of drug-likeness (QED) is 0.339. The molecular weight excluding hydrogens is 121 g/mol. The summed E-state index contributed by atoms with van der Waals surface area (Å²) in [4.78, 5) is 0. The fourth-order valence-electron chi connectivity index (χ4n) is 0.100. The van der Waals surface area contributed by atoms with E-state index in [2.05, 4.69) is 18.5 Å². The zero-order valence-electron chi connectivity index (χ0n) is 3.34. The third-order valence-electron chi connectivity index (χ3n) is 0.230. The van der Waals surface area contributed by atoms with Crippen molar-refractivity contribution in [3.63, 3.8) is 0 Å². The molecule has 0 unspecified atom stereocenters. The van der Waals surface area contributed by atoms with E-state index in [1.165, 1.54) is 5.92 Å². The van der Waals surface area contributed by atoms with E-state index < -0.39 is 5.38 Å². The van der Waals surface area contributed by atoms with Crippen LogP contribution in [0.2, 0.25) is 0 Å². The number of rotatable bonds is 0. The van der Waals surface area contributed by atoms with Crippen molar-refractivity contribution >= 4 is 11.6 Å².